The molecule has 4 rings (SSSR count). The molecule has 2 fully saturated rings. The summed E-state index contributed by atoms with van der Waals surface area (Å²) in [5.41, 5.74) is 1.45. The molecule has 0 aliphatic heterocycles. The molecule has 1 heterocycles. The number of rotatable bonds is 4. The van der Waals surface area contributed by atoms with Crippen LogP contribution in [0.5, 0.6) is 0 Å². The Bertz CT molecular complexity index is 776. The Kier molecular flexibility index (Phi) is 3.88. The van der Waals surface area contributed by atoms with Crippen molar-refractivity contribution in [2.45, 2.75) is 25.3 Å². The van der Waals surface area contributed by atoms with Gasteiger partial charge >= 0.3 is 0 Å². The minimum absolute atomic E-state index is 0.0705. The van der Waals surface area contributed by atoms with Crippen molar-refractivity contribution in [2.24, 2.45) is 17.8 Å². The lowest BCUT2D eigenvalue weighted by atomic mass is 9.62. The molecule has 2 aromatic rings. The van der Waals surface area contributed by atoms with Crippen molar-refractivity contribution in [1.82, 2.24) is 10.3 Å². The Morgan fingerprint density at radius 3 is 2.88 bits per heavy atom. The van der Waals surface area contributed by atoms with E-state index in [9.17, 15) is 9.90 Å². The van der Waals surface area contributed by atoms with E-state index in [1.54, 1.807) is 13.1 Å². The van der Waals surface area contributed by atoms with E-state index in [1.807, 2.05) is 24.3 Å². The van der Waals surface area contributed by atoms with Crippen LogP contribution < -0.4 is 10.6 Å². The zero-order valence-corrected chi connectivity index (χ0v) is 13.8. The van der Waals surface area contributed by atoms with Gasteiger partial charge in [-0.05, 0) is 36.8 Å². The molecule has 1 aromatic carbocycles. The van der Waals surface area contributed by atoms with Crippen LogP contribution in [0.1, 0.15) is 29.6 Å². The summed E-state index contributed by atoms with van der Waals surface area (Å²) < 4.78 is 0. The number of amides is 1. The molecule has 2 aliphatic rings. The molecule has 0 bridgehead atoms. The molecule has 24 heavy (non-hydrogen) atoms. The number of nitrogens with zero attached hydrogens (tertiary/aromatic N) is 1. The second kappa shape index (κ2) is 6.06. The van der Waals surface area contributed by atoms with E-state index in [4.69, 9.17) is 0 Å². The van der Waals surface area contributed by atoms with Crippen molar-refractivity contribution in [2.75, 3.05) is 19.0 Å². The van der Waals surface area contributed by atoms with Gasteiger partial charge in [0.05, 0.1) is 11.1 Å². The van der Waals surface area contributed by atoms with Gasteiger partial charge in [-0.3, -0.25) is 4.79 Å². The van der Waals surface area contributed by atoms with Crippen LogP contribution in [0.25, 0.3) is 10.9 Å². The number of aliphatic hydroxyl groups excluding tert-OH is 1. The molecular formula is C19H23N3O2. The first kappa shape index (κ1) is 15.4. The Morgan fingerprint density at radius 1 is 1.29 bits per heavy atom. The van der Waals surface area contributed by atoms with Gasteiger partial charge in [-0.1, -0.05) is 24.6 Å². The lowest BCUT2D eigenvalue weighted by molar-refractivity contribution is -0.00118. The van der Waals surface area contributed by atoms with Crippen LogP contribution >= 0.6 is 0 Å². The highest BCUT2D eigenvalue weighted by atomic mass is 16.3. The molecule has 2 aliphatic carbocycles. The fourth-order valence-electron chi connectivity index (χ4n) is 4.62. The largest absolute Gasteiger partial charge is 0.396 e. The molecule has 0 unspecified atom stereocenters. The molecule has 0 saturated heterocycles. The SMILES string of the molecule is CNc1cc(C(=O)N[C@H]2[C@@H]3CCC[C@@H]3[C@@H]2CO)c2ccccc2n1. The number of hydrogen-bond donors (Lipinski definition) is 3. The van der Waals surface area contributed by atoms with Gasteiger partial charge in [0.25, 0.3) is 5.91 Å². The fourth-order valence-corrected chi connectivity index (χ4v) is 4.62. The van der Waals surface area contributed by atoms with Crippen molar-refractivity contribution in [3.63, 3.8) is 0 Å². The number of nitrogens with one attached hydrogen (secondary N) is 2. The van der Waals surface area contributed by atoms with E-state index in [0.29, 0.717) is 23.2 Å². The quantitative estimate of drug-likeness (QED) is 0.807. The first-order valence-corrected chi connectivity index (χ1v) is 8.72. The summed E-state index contributed by atoms with van der Waals surface area (Å²) in [7, 11) is 1.80. The number of carbonyl (C=O) groups is 1. The molecule has 5 heteroatoms. The van der Waals surface area contributed by atoms with Crippen LogP contribution in [0.4, 0.5) is 5.82 Å². The second-order valence-electron chi connectivity index (χ2n) is 6.93. The maximum atomic E-state index is 12.9. The predicted molar refractivity (Wildman–Crippen MR) is 94.0 cm³/mol. The summed E-state index contributed by atoms with van der Waals surface area (Å²) in [5, 5.41) is 16.7. The van der Waals surface area contributed by atoms with E-state index in [0.717, 1.165) is 17.3 Å². The number of pyridine rings is 1. The van der Waals surface area contributed by atoms with Crippen LogP contribution in [-0.4, -0.2) is 35.7 Å². The summed E-state index contributed by atoms with van der Waals surface area (Å²) >= 11 is 0. The molecule has 126 valence electrons. The molecule has 0 spiro atoms. The molecule has 5 nitrogen and oxygen atoms in total. The van der Waals surface area contributed by atoms with Crippen LogP contribution in [0, 0.1) is 17.8 Å². The van der Waals surface area contributed by atoms with Crippen LogP contribution in [0.15, 0.2) is 30.3 Å². The molecule has 1 aromatic heterocycles. The molecule has 1 amide bonds. The monoisotopic (exact) mass is 325 g/mol. The topological polar surface area (TPSA) is 74.2 Å². The van der Waals surface area contributed by atoms with Gasteiger partial charge in [-0.25, -0.2) is 4.98 Å². The third-order valence-electron chi connectivity index (χ3n) is 5.82. The van der Waals surface area contributed by atoms with Gasteiger partial charge in [0.15, 0.2) is 0 Å². The maximum absolute atomic E-state index is 12.9. The Hall–Kier alpha value is -2.14. The van der Waals surface area contributed by atoms with Crippen molar-refractivity contribution >= 4 is 22.6 Å². The first-order valence-electron chi connectivity index (χ1n) is 8.72. The number of benzene rings is 1. The lowest BCUT2D eigenvalue weighted by Gasteiger charge is -2.48. The first-order chi connectivity index (χ1) is 11.7. The van der Waals surface area contributed by atoms with Crippen molar-refractivity contribution in [3.05, 3.63) is 35.9 Å². The average Bonchev–Trinajstić information content (AvgIpc) is 3.03. The Morgan fingerprint density at radius 2 is 2.08 bits per heavy atom. The molecule has 3 N–H and O–H groups in total. The average molecular weight is 325 g/mol. The van der Waals surface area contributed by atoms with E-state index >= 15 is 0 Å². The number of para-hydroxylation sites is 1. The number of carbonyl (C=O) groups excluding carboxylic acids is 1. The smallest absolute Gasteiger partial charge is 0.252 e. The normalized spacial score (nSPS) is 28.2. The van der Waals surface area contributed by atoms with Crippen molar-refractivity contribution < 1.29 is 9.90 Å². The van der Waals surface area contributed by atoms with Gasteiger partial charge < -0.3 is 15.7 Å². The highest BCUT2D eigenvalue weighted by Crippen LogP contribution is 2.51. The minimum Gasteiger partial charge on any atom is -0.396 e. The van der Waals surface area contributed by atoms with E-state index in [1.165, 1.54) is 12.8 Å². The Balaban J connectivity index is 1.64. The van der Waals surface area contributed by atoms with E-state index in [2.05, 4.69) is 15.6 Å². The fraction of sp³-hybridized carbons (Fsp3) is 0.474. The molecule has 2 saturated carbocycles. The molecular weight excluding hydrogens is 302 g/mol. The van der Waals surface area contributed by atoms with Gasteiger partial charge in [0, 0.05) is 31.0 Å². The van der Waals surface area contributed by atoms with Crippen molar-refractivity contribution in [3.8, 4) is 0 Å². The summed E-state index contributed by atoms with van der Waals surface area (Å²) in [6, 6.07) is 9.59. The molecule has 4 atom stereocenters. The lowest BCUT2D eigenvalue weighted by Crippen LogP contribution is -2.59. The predicted octanol–water partition coefficient (Wildman–Crippen LogP) is 2.41. The van der Waals surface area contributed by atoms with Gasteiger partial charge in [0.1, 0.15) is 5.82 Å². The van der Waals surface area contributed by atoms with Crippen LogP contribution in [0.3, 0.4) is 0 Å². The van der Waals surface area contributed by atoms with E-state index in [-0.39, 0.29) is 24.5 Å². The highest BCUT2D eigenvalue weighted by Gasteiger charge is 2.52. The Labute approximate surface area is 141 Å². The van der Waals surface area contributed by atoms with Crippen molar-refractivity contribution in [1.29, 1.82) is 0 Å². The zero-order valence-electron chi connectivity index (χ0n) is 13.8. The third kappa shape index (κ3) is 2.35. The minimum atomic E-state index is -0.0705. The standard InChI is InChI=1S/C19H23N3O2/c1-20-17-9-14(12-5-2-3-8-16(12)21-17)19(24)22-18-13-7-4-6-11(13)15(18)10-23/h2-3,5,8-9,11,13,15,18,23H,4,6-7,10H2,1H3,(H,20,21)(H,22,24)/t11-,13+,15-,18-/m0/s1. The van der Waals surface area contributed by atoms with Gasteiger partial charge in [-0.2, -0.15) is 0 Å². The summed E-state index contributed by atoms with van der Waals surface area (Å²) in [5.74, 6) is 1.94. The number of aromatic nitrogens is 1. The number of anilines is 1. The van der Waals surface area contributed by atoms with Crippen LogP contribution in [-0.2, 0) is 0 Å². The highest BCUT2D eigenvalue weighted by molar-refractivity contribution is 6.07. The summed E-state index contributed by atoms with van der Waals surface area (Å²) in [6.45, 7) is 0.158. The number of aliphatic hydroxyl groups is 1. The maximum Gasteiger partial charge on any atom is 0.252 e. The van der Waals surface area contributed by atoms with Gasteiger partial charge in [0.2, 0.25) is 0 Å². The van der Waals surface area contributed by atoms with E-state index < -0.39 is 0 Å². The molecule has 0 radical (unpaired) electrons. The summed E-state index contributed by atoms with van der Waals surface area (Å²) in [6.07, 6.45) is 3.55. The second-order valence-corrected chi connectivity index (χ2v) is 6.93. The van der Waals surface area contributed by atoms with Gasteiger partial charge in [-0.15, -0.1) is 0 Å². The number of fused-ring (bicyclic) bond motifs is 2. The summed E-state index contributed by atoms with van der Waals surface area (Å²) in [4.78, 5) is 17.4. The number of hydrogen-bond acceptors (Lipinski definition) is 4. The zero-order chi connectivity index (χ0) is 16.7. The third-order valence-corrected chi connectivity index (χ3v) is 5.82. The van der Waals surface area contributed by atoms with Crippen LogP contribution in [0.2, 0.25) is 0 Å².